The van der Waals surface area contributed by atoms with Gasteiger partial charge < -0.3 is 5.11 Å². The highest BCUT2D eigenvalue weighted by Crippen LogP contribution is 2.15. The van der Waals surface area contributed by atoms with Crippen LogP contribution in [0, 0.1) is 11.8 Å². The van der Waals surface area contributed by atoms with Gasteiger partial charge in [0.05, 0.1) is 0 Å². The number of ketones is 1. The van der Waals surface area contributed by atoms with Crippen molar-refractivity contribution in [2.75, 3.05) is 6.61 Å². The molecule has 12 heavy (non-hydrogen) atoms. The van der Waals surface area contributed by atoms with Crippen LogP contribution in [-0.2, 0) is 4.79 Å². The van der Waals surface area contributed by atoms with Gasteiger partial charge in [-0.25, -0.2) is 0 Å². The summed E-state index contributed by atoms with van der Waals surface area (Å²) in [4.78, 5) is 11.0. The van der Waals surface area contributed by atoms with E-state index in [0.717, 1.165) is 12.8 Å². The Morgan fingerprint density at radius 1 is 1.25 bits per heavy atom. The second-order valence-corrected chi connectivity index (χ2v) is 3.79. The summed E-state index contributed by atoms with van der Waals surface area (Å²) < 4.78 is 0. The molecule has 0 amide bonds. The standard InChI is InChI=1S/C10H20O2/c1-8(2)4-5-10(6-7-11)9(3)12/h8,10-11H,4-7H2,1-3H3. The third-order valence-corrected chi connectivity index (χ3v) is 2.14. The van der Waals surface area contributed by atoms with Gasteiger partial charge in [0.25, 0.3) is 0 Å². The van der Waals surface area contributed by atoms with Crippen LogP contribution in [0.25, 0.3) is 0 Å². The average Bonchev–Trinajstić information content (AvgIpc) is 1.96. The number of rotatable bonds is 6. The highest BCUT2D eigenvalue weighted by molar-refractivity contribution is 5.78. The molecule has 2 nitrogen and oxygen atoms in total. The molecule has 1 unspecified atom stereocenters. The molecule has 1 N–H and O–H groups in total. The summed E-state index contributed by atoms with van der Waals surface area (Å²) in [6, 6.07) is 0. The molecule has 1 atom stereocenters. The van der Waals surface area contributed by atoms with Crippen LogP contribution in [0.5, 0.6) is 0 Å². The molecular weight excluding hydrogens is 152 g/mol. The summed E-state index contributed by atoms with van der Waals surface area (Å²) >= 11 is 0. The quantitative estimate of drug-likeness (QED) is 0.665. The summed E-state index contributed by atoms with van der Waals surface area (Å²) in [7, 11) is 0. The van der Waals surface area contributed by atoms with Crippen molar-refractivity contribution in [3.63, 3.8) is 0 Å². The van der Waals surface area contributed by atoms with Gasteiger partial charge in [0.1, 0.15) is 5.78 Å². The Kier molecular flexibility index (Phi) is 5.99. The lowest BCUT2D eigenvalue weighted by molar-refractivity contribution is -0.121. The predicted molar refractivity (Wildman–Crippen MR) is 49.9 cm³/mol. The molecule has 0 saturated carbocycles. The van der Waals surface area contributed by atoms with Crippen LogP contribution in [0.15, 0.2) is 0 Å². The van der Waals surface area contributed by atoms with Crippen molar-refractivity contribution >= 4 is 5.78 Å². The molecule has 0 rings (SSSR count). The Morgan fingerprint density at radius 3 is 2.17 bits per heavy atom. The average molecular weight is 172 g/mol. The van der Waals surface area contributed by atoms with E-state index in [-0.39, 0.29) is 18.3 Å². The first-order valence-electron chi connectivity index (χ1n) is 4.69. The Morgan fingerprint density at radius 2 is 1.83 bits per heavy atom. The van der Waals surface area contributed by atoms with E-state index in [1.165, 1.54) is 0 Å². The number of aliphatic hydroxyl groups excluding tert-OH is 1. The zero-order valence-electron chi connectivity index (χ0n) is 8.34. The third kappa shape index (κ3) is 5.30. The van der Waals surface area contributed by atoms with Gasteiger partial charge in [-0.05, 0) is 25.7 Å². The van der Waals surface area contributed by atoms with E-state index in [0.29, 0.717) is 12.3 Å². The minimum Gasteiger partial charge on any atom is -0.396 e. The van der Waals surface area contributed by atoms with Crippen LogP contribution in [0.3, 0.4) is 0 Å². The summed E-state index contributed by atoms with van der Waals surface area (Å²) in [5.74, 6) is 0.938. The van der Waals surface area contributed by atoms with Gasteiger partial charge >= 0.3 is 0 Å². The SMILES string of the molecule is CC(=O)C(CCO)CCC(C)C. The van der Waals surface area contributed by atoms with Crippen LogP contribution in [0.4, 0.5) is 0 Å². The van der Waals surface area contributed by atoms with Crippen molar-refractivity contribution in [2.45, 2.75) is 40.0 Å². The zero-order chi connectivity index (χ0) is 9.56. The maximum absolute atomic E-state index is 11.0. The minimum atomic E-state index is 0.0809. The molecule has 0 aromatic rings. The smallest absolute Gasteiger partial charge is 0.132 e. The second kappa shape index (κ2) is 6.18. The van der Waals surface area contributed by atoms with E-state index in [1.54, 1.807) is 6.92 Å². The maximum atomic E-state index is 11.0. The summed E-state index contributed by atoms with van der Waals surface area (Å²) in [5.41, 5.74) is 0. The summed E-state index contributed by atoms with van der Waals surface area (Å²) in [6.45, 7) is 6.04. The van der Waals surface area contributed by atoms with E-state index in [9.17, 15) is 4.79 Å². The zero-order valence-corrected chi connectivity index (χ0v) is 8.34. The largest absolute Gasteiger partial charge is 0.396 e. The monoisotopic (exact) mass is 172 g/mol. The second-order valence-electron chi connectivity index (χ2n) is 3.79. The topological polar surface area (TPSA) is 37.3 Å². The first-order chi connectivity index (χ1) is 5.57. The van der Waals surface area contributed by atoms with Crippen molar-refractivity contribution in [1.29, 1.82) is 0 Å². The predicted octanol–water partition coefficient (Wildman–Crippen LogP) is 2.01. The molecule has 0 spiro atoms. The van der Waals surface area contributed by atoms with Gasteiger partial charge in [0, 0.05) is 12.5 Å². The fourth-order valence-corrected chi connectivity index (χ4v) is 1.24. The highest BCUT2D eigenvalue weighted by atomic mass is 16.3. The molecule has 72 valence electrons. The van der Waals surface area contributed by atoms with Crippen LogP contribution in [0.1, 0.15) is 40.0 Å². The van der Waals surface area contributed by atoms with Gasteiger partial charge in [-0.15, -0.1) is 0 Å². The van der Waals surface area contributed by atoms with Crippen molar-refractivity contribution in [3.8, 4) is 0 Å². The van der Waals surface area contributed by atoms with Crippen molar-refractivity contribution in [3.05, 3.63) is 0 Å². The van der Waals surface area contributed by atoms with E-state index >= 15 is 0 Å². The minimum absolute atomic E-state index is 0.0809. The molecular formula is C10H20O2. The summed E-state index contributed by atoms with van der Waals surface area (Å²) in [5, 5.41) is 8.70. The molecule has 0 fully saturated rings. The molecule has 0 aromatic carbocycles. The Bertz CT molecular complexity index is 130. The molecule has 0 saturated heterocycles. The highest BCUT2D eigenvalue weighted by Gasteiger charge is 2.13. The van der Waals surface area contributed by atoms with Crippen molar-refractivity contribution < 1.29 is 9.90 Å². The number of hydrogen-bond acceptors (Lipinski definition) is 2. The van der Waals surface area contributed by atoms with E-state index in [2.05, 4.69) is 13.8 Å². The fraction of sp³-hybridized carbons (Fsp3) is 0.900. The van der Waals surface area contributed by atoms with Gasteiger partial charge in [-0.1, -0.05) is 20.3 Å². The van der Waals surface area contributed by atoms with Crippen LogP contribution in [0.2, 0.25) is 0 Å². The molecule has 0 bridgehead atoms. The van der Waals surface area contributed by atoms with Crippen LogP contribution in [-0.4, -0.2) is 17.5 Å². The molecule has 0 radical (unpaired) electrons. The lowest BCUT2D eigenvalue weighted by atomic mass is 9.92. The van der Waals surface area contributed by atoms with Crippen molar-refractivity contribution in [1.82, 2.24) is 0 Å². The normalized spacial score (nSPS) is 13.4. The number of hydrogen-bond donors (Lipinski definition) is 1. The lowest BCUT2D eigenvalue weighted by Gasteiger charge is -2.13. The van der Waals surface area contributed by atoms with Crippen LogP contribution >= 0.6 is 0 Å². The lowest BCUT2D eigenvalue weighted by Crippen LogP contribution is -2.13. The number of carbonyl (C=O) groups excluding carboxylic acids is 1. The van der Waals surface area contributed by atoms with E-state index < -0.39 is 0 Å². The first kappa shape index (κ1) is 11.6. The summed E-state index contributed by atoms with van der Waals surface area (Å²) in [6.07, 6.45) is 2.62. The van der Waals surface area contributed by atoms with E-state index in [4.69, 9.17) is 5.11 Å². The van der Waals surface area contributed by atoms with Gasteiger partial charge in [0.15, 0.2) is 0 Å². The van der Waals surface area contributed by atoms with Crippen molar-refractivity contribution in [2.24, 2.45) is 11.8 Å². The van der Waals surface area contributed by atoms with Gasteiger partial charge in [-0.3, -0.25) is 4.79 Å². The maximum Gasteiger partial charge on any atom is 0.132 e. The molecule has 0 heterocycles. The number of aliphatic hydroxyl groups is 1. The van der Waals surface area contributed by atoms with Gasteiger partial charge in [-0.2, -0.15) is 0 Å². The Labute approximate surface area is 75.0 Å². The molecule has 0 aliphatic carbocycles. The molecule has 0 aromatic heterocycles. The molecule has 2 heteroatoms. The third-order valence-electron chi connectivity index (χ3n) is 2.14. The fourth-order valence-electron chi connectivity index (χ4n) is 1.24. The first-order valence-corrected chi connectivity index (χ1v) is 4.69. The Balaban J connectivity index is 3.71. The molecule has 0 aliphatic rings. The van der Waals surface area contributed by atoms with E-state index in [1.807, 2.05) is 0 Å². The number of Topliss-reactive ketones (excluding diaryl/α,β-unsaturated/α-hetero) is 1. The Hall–Kier alpha value is -0.370. The number of carbonyl (C=O) groups is 1. The van der Waals surface area contributed by atoms with Crippen LogP contribution < -0.4 is 0 Å². The van der Waals surface area contributed by atoms with Gasteiger partial charge in [0.2, 0.25) is 0 Å². The molecule has 0 aliphatic heterocycles.